The SMILES string of the molecule is CCCS(=O)(=O)c1ccc(N(C)C2CCCCC2Br)cc1. The van der Waals surface area contributed by atoms with Crippen LogP contribution in [0.1, 0.15) is 39.0 Å². The van der Waals surface area contributed by atoms with Crippen LogP contribution in [0.3, 0.4) is 0 Å². The lowest BCUT2D eigenvalue weighted by Gasteiger charge is -2.36. The number of hydrogen-bond acceptors (Lipinski definition) is 3. The zero-order chi connectivity index (χ0) is 15.5. The number of anilines is 1. The maximum Gasteiger partial charge on any atom is 0.178 e. The standard InChI is InChI=1S/C16H24BrNO2S/c1-3-12-21(19,20)14-10-8-13(9-11-14)18(2)16-7-5-4-6-15(16)17/h8-11,15-16H,3-7,12H2,1-2H3. The van der Waals surface area contributed by atoms with Gasteiger partial charge in [0.15, 0.2) is 9.84 Å². The van der Waals surface area contributed by atoms with Crippen molar-refractivity contribution < 1.29 is 8.42 Å². The molecule has 0 spiro atoms. The molecule has 0 saturated heterocycles. The normalized spacial score (nSPS) is 23.0. The molecule has 0 amide bonds. The van der Waals surface area contributed by atoms with E-state index in [1.54, 1.807) is 12.1 Å². The molecule has 118 valence electrons. The summed E-state index contributed by atoms with van der Waals surface area (Å²) >= 11 is 3.78. The molecule has 0 bridgehead atoms. The highest BCUT2D eigenvalue weighted by molar-refractivity contribution is 9.09. The number of halogens is 1. The number of rotatable bonds is 5. The molecule has 1 aromatic carbocycles. The maximum absolute atomic E-state index is 12.0. The second kappa shape index (κ2) is 7.14. The highest BCUT2D eigenvalue weighted by Crippen LogP contribution is 2.31. The number of alkyl halides is 1. The van der Waals surface area contributed by atoms with Crippen LogP contribution in [0.15, 0.2) is 29.2 Å². The van der Waals surface area contributed by atoms with Gasteiger partial charge >= 0.3 is 0 Å². The van der Waals surface area contributed by atoms with Gasteiger partial charge in [0, 0.05) is 23.6 Å². The summed E-state index contributed by atoms with van der Waals surface area (Å²) in [5, 5.41) is 0. The Kier molecular flexibility index (Phi) is 5.72. The second-order valence-corrected chi connectivity index (χ2v) is 9.08. The quantitative estimate of drug-likeness (QED) is 0.731. The van der Waals surface area contributed by atoms with E-state index in [0.717, 1.165) is 5.69 Å². The van der Waals surface area contributed by atoms with Crippen LogP contribution in [0, 0.1) is 0 Å². The van der Waals surface area contributed by atoms with Gasteiger partial charge in [-0.2, -0.15) is 0 Å². The summed E-state index contributed by atoms with van der Waals surface area (Å²) in [5.41, 5.74) is 1.08. The summed E-state index contributed by atoms with van der Waals surface area (Å²) in [7, 11) is -1.02. The van der Waals surface area contributed by atoms with Crippen molar-refractivity contribution in [3.05, 3.63) is 24.3 Å². The first-order valence-electron chi connectivity index (χ1n) is 7.65. The van der Waals surface area contributed by atoms with Gasteiger partial charge in [-0.15, -0.1) is 0 Å². The number of sulfone groups is 1. The van der Waals surface area contributed by atoms with Crippen molar-refractivity contribution in [2.24, 2.45) is 0 Å². The summed E-state index contributed by atoms with van der Waals surface area (Å²) in [6.07, 6.45) is 5.59. The largest absolute Gasteiger partial charge is 0.370 e. The van der Waals surface area contributed by atoms with Crippen molar-refractivity contribution in [2.75, 3.05) is 17.7 Å². The summed E-state index contributed by atoms with van der Waals surface area (Å²) in [5.74, 6) is 0.217. The zero-order valence-corrected chi connectivity index (χ0v) is 15.2. The Bertz CT molecular complexity index is 556. The molecule has 1 aromatic rings. The minimum absolute atomic E-state index is 0.217. The Labute approximate surface area is 136 Å². The summed E-state index contributed by atoms with van der Waals surface area (Å²) in [4.78, 5) is 3.22. The van der Waals surface area contributed by atoms with E-state index in [9.17, 15) is 8.42 Å². The Hall–Kier alpha value is -0.550. The third-order valence-electron chi connectivity index (χ3n) is 4.22. The lowest BCUT2D eigenvalue weighted by atomic mass is 9.94. The molecule has 2 atom stereocenters. The van der Waals surface area contributed by atoms with Crippen LogP contribution in [0.2, 0.25) is 0 Å². The molecule has 1 aliphatic carbocycles. The first-order chi connectivity index (χ1) is 9.95. The summed E-state index contributed by atoms with van der Waals surface area (Å²) in [6.45, 7) is 1.89. The molecule has 0 aromatic heterocycles. The van der Waals surface area contributed by atoms with E-state index in [-0.39, 0.29) is 5.75 Å². The second-order valence-electron chi connectivity index (χ2n) is 5.79. The van der Waals surface area contributed by atoms with Gasteiger partial charge in [-0.3, -0.25) is 0 Å². The molecule has 21 heavy (non-hydrogen) atoms. The molecule has 0 radical (unpaired) electrons. The molecule has 1 saturated carbocycles. The first kappa shape index (κ1) is 16.8. The lowest BCUT2D eigenvalue weighted by Crippen LogP contribution is -2.40. The average molecular weight is 374 g/mol. The zero-order valence-electron chi connectivity index (χ0n) is 12.8. The highest BCUT2D eigenvalue weighted by Gasteiger charge is 2.26. The van der Waals surface area contributed by atoms with Crippen molar-refractivity contribution >= 4 is 31.5 Å². The van der Waals surface area contributed by atoms with Gasteiger partial charge in [0.25, 0.3) is 0 Å². The minimum Gasteiger partial charge on any atom is -0.370 e. The van der Waals surface area contributed by atoms with Crippen LogP contribution in [0.25, 0.3) is 0 Å². The number of hydrogen-bond donors (Lipinski definition) is 0. The molecule has 1 fully saturated rings. The van der Waals surface area contributed by atoms with E-state index in [0.29, 0.717) is 22.2 Å². The molecular formula is C16H24BrNO2S. The Morgan fingerprint density at radius 3 is 2.38 bits per heavy atom. The fraction of sp³-hybridized carbons (Fsp3) is 0.625. The third kappa shape index (κ3) is 4.01. The van der Waals surface area contributed by atoms with E-state index in [2.05, 4.69) is 27.9 Å². The maximum atomic E-state index is 12.0. The van der Waals surface area contributed by atoms with Crippen molar-refractivity contribution in [2.45, 2.75) is 54.8 Å². The number of nitrogens with zero attached hydrogens (tertiary/aromatic N) is 1. The minimum atomic E-state index is -3.12. The van der Waals surface area contributed by atoms with Crippen molar-refractivity contribution in [3.8, 4) is 0 Å². The predicted molar refractivity (Wildman–Crippen MR) is 92.2 cm³/mol. The van der Waals surface area contributed by atoms with Crippen molar-refractivity contribution in [1.82, 2.24) is 0 Å². The fourth-order valence-corrected chi connectivity index (χ4v) is 5.24. The molecule has 2 unspecified atom stereocenters. The van der Waals surface area contributed by atoms with E-state index < -0.39 is 9.84 Å². The molecule has 0 N–H and O–H groups in total. The Morgan fingerprint density at radius 2 is 1.81 bits per heavy atom. The van der Waals surface area contributed by atoms with Gasteiger partial charge < -0.3 is 4.90 Å². The molecule has 0 aliphatic heterocycles. The van der Waals surface area contributed by atoms with E-state index >= 15 is 0 Å². The van der Waals surface area contributed by atoms with Crippen LogP contribution in [0.4, 0.5) is 5.69 Å². The lowest BCUT2D eigenvalue weighted by molar-refractivity contribution is 0.444. The summed E-state index contributed by atoms with van der Waals surface area (Å²) < 4.78 is 24.1. The molecule has 0 heterocycles. The van der Waals surface area contributed by atoms with Crippen LogP contribution in [-0.2, 0) is 9.84 Å². The predicted octanol–water partition coefficient (Wildman–Crippen LogP) is 4.01. The van der Waals surface area contributed by atoms with E-state index in [1.165, 1.54) is 25.7 Å². The van der Waals surface area contributed by atoms with Crippen LogP contribution in [-0.4, -0.2) is 32.1 Å². The third-order valence-corrected chi connectivity index (χ3v) is 7.22. The van der Waals surface area contributed by atoms with Gasteiger partial charge in [0.1, 0.15) is 0 Å². The van der Waals surface area contributed by atoms with Gasteiger partial charge in [0.2, 0.25) is 0 Å². The molecule has 3 nitrogen and oxygen atoms in total. The van der Waals surface area contributed by atoms with Gasteiger partial charge in [-0.05, 0) is 43.5 Å². The molecule has 5 heteroatoms. The van der Waals surface area contributed by atoms with Crippen LogP contribution in [0.5, 0.6) is 0 Å². The smallest absolute Gasteiger partial charge is 0.178 e. The summed E-state index contributed by atoms with van der Waals surface area (Å²) in [6, 6.07) is 7.82. The monoisotopic (exact) mass is 373 g/mol. The first-order valence-corrected chi connectivity index (χ1v) is 10.2. The number of benzene rings is 1. The highest BCUT2D eigenvalue weighted by atomic mass is 79.9. The Morgan fingerprint density at radius 1 is 1.19 bits per heavy atom. The van der Waals surface area contributed by atoms with Gasteiger partial charge in [0.05, 0.1) is 10.6 Å². The van der Waals surface area contributed by atoms with Crippen LogP contribution >= 0.6 is 15.9 Å². The van der Waals surface area contributed by atoms with Gasteiger partial charge in [-0.1, -0.05) is 35.7 Å². The molecule has 1 aliphatic rings. The van der Waals surface area contributed by atoms with Crippen molar-refractivity contribution in [1.29, 1.82) is 0 Å². The topological polar surface area (TPSA) is 37.4 Å². The van der Waals surface area contributed by atoms with E-state index in [1.807, 2.05) is 19.1 Å². The average Bonchev–Trinajstić information content (AvgIpc) is 2.47. The van der Waals surface area contributed by atoms with Crippen LogP contribution < -0.4 is 4.90 Å². The van der Waals surface area contributed by atoms with Gasteiger partial charge in [-0.25, -0.2) is 8.42 Å². The fourth-order valence-electron chi connectivity index (χ4n) is 2.97. The van der Waals surface area contributed by atoms with E-state index in [4.69, 9.17) is 0 Å². The van der Waals surface area contributed by atoms with Crippen molar-refractivity contribution in [3.63, 3.8) is 0 Å². The molecule has 2 rings (SSSR count). The molecular weight excluding hydrogens is 350 g/mol. The Balaban J connectivity index is 2.15.